The molecule has 0 aromatic carbocycles. The molecule has 1 fully saturated rings. The first kappa shape index (κ1) is 16.2. The van der Waals surface area contributed by atoms with Crippen molar-refractivity contribution in [3.05, 3.63) is 0 Å². The van der Waals surface area contributed by atoms with Crippen molar-refractivity contribution in [2.24, 2.45) is 0 Å². The Morgan fingerprint density at radius 3 is 2.28 bits per heavy atom. The molecule has 0 spiro atoms. The van der Waals surface area contributed by atoms with Gasteiger partial charge < -0.3 is 19.4 Å². The van der Waals surface area contributed by atoms with Gasteiger partial charge in [0.15, 0.2) is 8.32 Å². The SMILES string of the molecule is CB(O)N1C[C@@H](O[Si](C)(C)C(C)(C)C)C[C@H]1CO. The molecule has 18 heavy (non-hydrogen) atoms. The van der Waals surface area contributed by atoms with Gasteiger partial charge in [0, 0.05) is 12.6 Å². The van der Waals surface area contributed by atoms with Gasteiger partial charge in [-0.25, -0.2) is 0 Å². The lowest BCUT2D eigenvalue weighted by Crippen LogP contribution is -2.45. The molecular weight excluding hydrogens is 245 g/mol. The summed E-state index contributed by atoms with van der Waals surface area (Å²) in [6.07, 6.45) is 0.950. The number of aliphatic hydroxyl groups is 1. The van der Waals surface area contributed by atoms with Gasteiger partial charge in [0.2, 0.25) is 0 Å². The van der Waals surface area contributed by atoms with Crippen LogP contribution in [0.2, 0.25) is 25.0 Å². The molecule has 6 heteroatoms. The largest absolute Gasteiger partial charge is 0.437 e. The van der Waals surface area contributed by atoms with E-state index in [-0.39, 0.29) is 23.8 Å². The minimum atomic E-state index is -1.77. The van der Waals surface area contributed by atoms with Crippen LogP contribution in [0.15, 0.2) is 0 Å². The lowest BCUT2D eigenvalue weighted by Gasteiger charge is -2.38. The monoisotopic (exact) mass is 273 g/mol. The third kappa shape index (κ3) is 3.57. The van der Waals surface area contributed by atoms with Gasteiger partial charge in [0.1, 0.15) is 0 Å². The third-order valence-electron chi connectivity index (χ3n) is 4.38. The molecule has 1 heterocycles. The Hall–Kier alpha value is 0.122. The topological polar surface area (TPSA) is 52.9 Å². The van der Waals surface area contributed by atoms with Gasteiger partial charge in [0.25, 0.3) is 0 Å². The first-order valence-electron chi connectivity index (χ1n) is 6.81. The Balaban J connectivity index is 2.66. The fraction of sp³-hybridized carbons (Fsp3) is 1.00. The predicted molar refractivity (Wildman–Crippen MR) is 78.1 cm³/mol. The van der Waals surface area contributed by atoms with Crippen LogP contribution in [-0.4, -0.2) is 55.6 Å². The highest BCUT2D eigenvalue weighted by Crippen LogP contribution is 2.38. The second-order valence-corrected chi connectivity index (χ2v) is 11.7. The summed E-state index contributed by atoms with van der Waals surface area (Å²) in [4.78, 5) is 1.93. The van der Waals surface area contributed by atoms with Crippen LogP contribution in [0.3, 0.4) is 0 Å². The number of rotatable bonds is 4. The fourth-order valence-electron chi connectivity index (χ4n) is 2.21. The minimum Gasteiger partial charge on any atom is -0.437 e. The summed E-state index contributed by atoms with van der Waals surface area (Å²) < 4.78 is 6.35. The number of aliphatic hydroxyl groups excluding tert-OH is 1. The highest BCUT2D eigenvalue weighted by atomic mass is 28.4. The molecule has 2 atom stereocenters. The molecule has 0 bridgehead atoms. The lowest BCUT2D eigenvalue weighted by atomic mass is 9.84. The first-order valence-corrected chi connectivity index (χ1v) is 9.72. The van der Waals surface area contributed by atoms with Crippen LogP contribution in [0, 0.1) is 0 Å². The van der Waals surface area contributed by atoms with Crippen LogP contribution in [0.25, 0.3) is 0 Å². The van der Waals surface area contributed by atoms with Crippen LogP contribution in [0.4, 0.5) is 0 Å². The van der Waals surface area contributed by atoms with Gasteiger partial charge in [-0.1, -0.05) is 20.8 Å². The van der Waals surface area contributed by atoms with E-state index in [4.69, 9.17) is 4.43 Å². The summed E-state index contributed by atoms with van der Waals surface area (Å²) >= 11 is 0. The molecule has 0 unspecified atom stereocenters. The molecule has 0 aromatic rings. The van der Waals surface area contributed by atoms with Crippen molar-refractivity contribution < 1.29 is 14.6 Å². The zero-order valence-corrected chi connectivity index (χ0v) is 13.6. The fourth-order valence-corrected chi connectivity index (χ4v) is 3.57. The summed E-state index contributed by atoms with van der Waals surface area (Å²) in [5.74, 6) is 0. The molecule has 106 valence electrons. The second-order valence-electron chi connectivity index (χ2n) is 6.90. The second kappa shape index (κ2) is 5.63. The van der Waals surface area contributed by atoms with Gasteiger partial charge in [-0.3, -0.25) is 0 Å². The summed E-state index contributed by atoms with van der Waals surface area (Å²) in [7, 11) is -2.28. The van der Waals surface area contributed by atoms with Gasteiger partial charge in [-0.15, -0.1) is 0 Å². The normalized spacial score (nSPS) is 26.7. The smallest absolute Gasteiger partial charge is 0.376 e. The van der Waals surface area contributed by atoms with E-state index in [1.165, 1.54) is 0 Å². The Labute approximate surface area is 113 Å². The van der Waals surface area contributed by atoms with E-state index in [1.54, 1.807) is 6.82 Å². The minimum absolute atomic E-state index is 0.0276. The summed E-state index contributed by atoms with van der Waals surface area (Å²) in [5, 5.41) is 19.3. The quantitative estimate of drug-likeness (QED) is 0.763. The molecule has 0 aliphatic carbocycles. The van der Waals surface area contributed by atoms with Crippen LogP contribution in [0.1, 0.15) is 27.2 Å². The molecule has 2 N–H and O–H groups in total. The van der Waals surface area contributed by atoms with E-state index in [2.05, 4.69) is 33.9 Å². The predicted octanol–water partition coefficient (Wildman–Crippen LogP) is 1.55. The summed E-state index contributed by atoms with van der Waals surface area (Å²) in [6, 6.07) is 0.0276. The van der Waals surface area contributed by atoms with E-state index in [0.717, 1.165) is 13.0 Å². The maximum Gasteiger partial charge on any atom is 0.376 e. The molecular formula is C12H28BNO3Si. The standard InChI is InChI=1S/C12H28BNO3Si/c1-12(2,3)18(5,6)17-11-7-10(9-15)14(8-11)13(4)16/h10-11,15-16H,7-9H2,1-6H3/t10-,11-/m0/s1. The molecule has 0 aromatic heterocycles. The van der Waals surface area contributed by atoms with Crippen molar-refractivity contribution in [1.82, 2.24) is 4.81 Å². The van der Waals surface area contributed by atoms with E-state index in [9.17, 15) is 10.1 Å². The van der Waals surface area contributed by atoms with Crippen molar-refractivity contribution in [2.45, 2.75) is 64.3 Å². The van der Waals surface area contributed by atoms with E-state index >= 15 is 0 Å². The van der Waals surface area contributed by atoms with Gasteiger partial charge in [-0.2, -0.15) is 0 Å². The first-order chi connectivity index (χ1) is 8.08. The highest BCUT2D eigenvalue weighted by Gasteiger charge is 2.43. The van der Waals surface area contributed by atoms with Crippen molar-refractivity contribution >= 4 is 15.4 Å². The number of hydrogen-bond acceptors (Lipinski definition) is 4. The Bertz CT molecular complexity index is 281. The Morgan fingerprint density at radius 1 is 1.39 bits per heavy atom. The Kier molecular flexibility index (Phi) is 5.06. The van der Waals surface area contributed by atoms with Crippen LogP contribution >= 0.6 is 0 Å². The van der Waals surface area contributed by atoms with Crippen LogP contribution in [0.5, 0.6) is 0 Å². The number of hydrogen-bond donors (Lipinski definition) is 2. The molecule has 0 amide bonds. The van der Waals surface area contributed by atoms with Crippen LogP contribution in [-0.2, 0) is 4.43 Å². The molecule has 1 aliphatic rings. The Morgan fingerprint density at radius 2 is 1.94 bits per heavy atom. The maximum absolute atomic E-state index is 9.70. The van der Waals surface area contributed by atoms with Crippen molar-refractivity contribution in [1.29, 1.82) is 0 Å². The van der Waals surface area contributed by atoms with Crippen molar-refractivity contribution in [2.75, 3.05) is 13.2 Å². The average molecular weight is 273 g/mol. The summed E-state index contributed by atoms with van der Waals surface area (Å²) in [5.41, 5.74) is 0. The lowest BCUT2D eigenvalue weighted by molar-refractivity contribution is 0.188. The van der Waals surface area contributed by atoms with Crippen LogP contribution < -0.4 is 0 Å². The van der Waals surface area contributed by atoms with E-state index in [1.807, 2.05) is 4.81 Å². The highest BCUT2D eigenvalue weighted by molar-refractivity contribution is 6.74. The average Bonchev–Trinajstić information content (AvgIpc) is 2.58. The van der Waals surface area contributed by atoms with Crippen molar-refractivity contribution in [3.8, 4) is 0 Å². The molecule has 1 rings (SSSR count). The molecule has 4 nitrogen and oxygen atoms in total. The molecule has 0 saturated carbocycles. The summed E-state index contributed by atoms with van der Waals surface area (Å²) in [6.45, 7) is 13.7. The third-order valence-corrected chi connectivity index (χ3v) is 8.91. The zero-order chi connectivity index (χ0) is 14.1. The van der Waals surface area contributed by atoms with Gasteiger partial charge >= 0.3 is 7.05 Å². The molecule has 0 radical (unpaired) electrons. The van der Waals surface area contributed by atoms with E-state index in [0.29, 0.717) is 0 Å². The van der Waals surface area contributed by atoms with Gasteiger partial charge in [0.05, 0.1) is 12.7 Å². The van der Waals surface area contributed by atoms with Crippen molar-refractivity contribution in [3.63, 3.8) is 0 Å². The van der Waals surface area contributed by atoms with E-state index < -0.39 is 15.4 Å². The van der Waals surface area contributed by atoms with Gasteiger partial charge in [-0.05, 0) is 31.4 Å². The molecule has 1 aliphatic heterocycles. The maximum atomic E-state index is 9.70. The zero-order valence-electron chi connectivity index (χ0n) is 12.6. The molecule has 1 saturated heterocycles. The number of nitrogens with zero attached hydrogens (tertiary/aromatic N) is 1.